The van der Waals surface area contributed by atoms with Crippen molar-refractivity contribution in [3.05, 3.63) is 35.4 Å². The van der Waals surface area contributed by atoms with Crippen molar-refractivity contribution in [2.75, 3.05) is 20.6 Å². The molecule has 3 heteroatoms. The molecule has 2 aliphatic carbocycles. The molecule has 0 heterocycles. The van der Waals surface area contributed by atoms with E-state index in [1.165, 1.54) is 49.7 Å². The first-order valence-electron chi connectivity index (χ1n) is 9.20. The van der Waals surface area contributed by atoms with Gasteiger partial charge in [0.2, 0.25) is 5.91 Å². The summed E-state index contributed by atoms with van der Waals surface area (Å²) in [5, 5.41) is 0. The highest BCUT2D eigenvalue weighted by molar-refractivity contribution is 5.78. The third-order valence-electron chi connectivity index (χ3n) is 5.78. The molecule has 2 aliphatic rings. The van der Waals surface area contributed by atoms with E-state index in [2.05, 4.69) is 36.2 Å². The molecular weight excluding hydrogens is 284 g/mol. The van der Waals surface area contributed by atoms with Crippen molar-refractivity contribution in [1.29, 1.82) is 0 Å². The summed E-state index contributed by atoms with van der Waals surface area (Å²) in [6.45, 7) is 0.555. The number of amides is 1. The zero-order chi connectivity index (χ0) is 16.2. The van der Waals surface area contributed by atoms with Crippen molar-refractivity contribution >= 4 is 5.91 Å². The lowest BCUT2D eigenvalue weighted by molar-refractivity contribution is -0.134. The molecule has 0 saturated heterocycles. The van der Waals surface area contributed by atoms with Crippen LogP contribution in [0.25, 0.3) is 0 Å². The van der Waals surface area contributed by atoms with Crippen LogP contribution in [0, 0.1) is 0 Å². The summed E-state index contributed by atoms with van der Waals surface area (Å²) in [6, 6.07) is 9.48. The summed E-state index contributed by atoms with van der Waals surface area (Å²) in [4.78, 5) is 17.1. The van der Waals surface area contributed by atoms with Gasteiger partial charge in [0.15, 0.2) is 0 Å². The molecule has 0 spiro atoms. The third kappa shape index (κ3) is 3.77. The molecule has 1 fully saturated rings. The summed E-state index contributed by atoms with van der Waals surface area (Å²) in [5.74, 6) is 0.264. The van der Waals surface area contributed by atoms with Crippen molar-refractivity contribution < 1.29 is 4.79 Å². The molecule has 1 aromatic carbocycles. The second kappa shape index (κ2) is 7.48. The fourth-order valence-corrected chi connectivity index (χ4v) is 4.28. The van der Waals surface area contributed by atoms with E-state index in [4.69, 9.17) is 0 Å². The number of aryl methyl sites for hydroxylation is 1. The van der Waals surface area contributed by atoms with Crippen LogP contribution in [0.1, 0.15) is 62.1 Å². The zero-order valence-electron chi connectivity index (χ0n) is 14.6. The van der Waals surface area contributed by atoms with E-state index in [-0.39, 0.29) is 11.9 Å². The number of carbonyl (C=O) groups excluding carboxylic acids is 1. The van der Waals surface area contributed by atoms with Crippen LogP contribution >= 0.6 is 0 Å². The Bertz CT molecular complexity index is 536. The lowest BCUT2D eigenvalue weighted by atomic mass is 9.87. The standard InChI is InChI=1S/C20H30N2O/c1-21(17-11-4-3-5-12-17)15-20(23)22(2)19-14-8-10-16-9-6-7-13-18(16)19/h6-7,9,13,17,19H,3-5,8,10-12,14-15H2,1-2H3. The van der Waals surface area contributed by atoms with Crippen LogP contribution in [0.4, 0.5) is 0 Å². The number of benzene rings is 1. The number of fused-ring (bicyclic) bond motifs is 1. The van der Waals surface area contributed by atoms with Crippen LogP contribution in [0.5, 0.6) is 0 Å². The van der Waals surface area contributed by atoms with Gasteiger partial charge in [0.1, 0.15) is 0 Å². The summed E-state index contributed by atoms with van der Waals surface area (Å²) in [6.07, 6.45) is 9.90. The van der Waals surface area contributed by atoms with E-state index in [1.807, 2.05) is 11.9 Å². The summed E-state index contributed by atoms with van der Waals surface area (Å²) in [7, 11) is 4.11. The molecule has 1 saturated carbocycles. The minimum atomic E-state index is 0.257. The Morgan fingerprint density at radius 3 is 2.57 bits per heavy atom. The van der Waals surface area contributed by atoms with Crippen LogP contribution in [0.3, 0.4) is 0 Å². The SMILES string of the molecule is CN(CC(=O)N(C)C1CCCc2ccccc21)C1CCCCC1. The van der Waals surface area contributed by atoms with Gasteiger partial charge in [-0.3, -0.25) is 9.69 Å². The molecule has 23 heavy (non-hydrogen) atoms. The van der Waals surface area contributed by atoms with Gasteiger partial charge in [-0.15, -0.1) is 0 Å². The Kier molecular flexibility index (Phi) is 5.37. The predicted octanol–water partition coefficient (Wildman–Crippen LogP) is 3.79. The van der Waals surface area contributed by atoms with E-state index < -0.39 is 0 Å². The lowest BCUT2D eigenvalue weighted by Crippen LogP contribution is -2.43. The maximum absolute atomic E-state index is 12.8. The molecule has 0 aromatic heterocycles. The molecule has 1 aromatic rings. The molecule has 3 rings (SSSR count). The van der Waals surface area contributed by atoms with E-state index in [0.29, 0.717) is 12.6 Å². The molecule has 3 nitrogen and oxygen atoms in total. The van der Waals surface area contributed by atoms with Gasteiger partial charge in [0, 0.05) is 13.1 Å². The maximum atomic E-state index is 12.8. The highest BCUT2D eigenvalue weighted by Crippen LogP contribution is 2.33. The van der Waals surface area contributed by atoms with E-state index in [0.717, 1.165) is 12.8 Å². The topological polar surface area (TPSA) is 23.6 Å². The van der Waals surface area contributed by atoms with Crippen LogP contribution in [-0.2, 0) is 11.2 Å². The second-order valence-electron chi connectivity index (χ2n) is 7.32. The second-order valence-corrected chi connectivity index (χ2v) is 7.32. The molecule has 1 amide bonds. The number of hydrogen-bond acceptors (Lipinski definition) is 2. The molecular formula is C20H30N2O. The molecule has 0 N–H and O–H groups in total. The fourth-order valence-electron chi connectivity index (χ4n) is 4.28. The van der Waals surface area contributed by atoms with Gasteiger partial charge in [-0.05, 0) is 50.3 Å². The van der Waals surface area contributed by atoms with Gasteiger partial charge in [-0.25, -0.2) is 0 Å². The van der Waals surface area contributed by atoms with Gasteiger partial charge in [0.25, 0.3) is 0 Å². The fraction of sp³-hybridized carbons (Fsp3) is 0.650. The first kappa shape index (κ1) is 16.5. The van der Waals surface area contributed by atoms with Gasteiger partial charge < -0.3 is 4.90 Å². The van der Waals surface area contributed by atoms with E-state index in [9.17, 15) is 4.79 Å². The third-order valence-corrected chi connectivity index (χ3v) is 5.78. The highest BCUT2D eigenvalue weighted by atomic mass is 16.2. The lowest BCUT2D eigenvalue weighted by Gasteiger charge is -2.36. The smallest absolute Gasteiger partial charge is 0.237 e. The molecule has 1 unspecified atom stereocenters. The Morgan fingerprint density at radius 2 is 1.78 bits per heavy atom. The average Bonchev–Trinajstić information content (AvgIpc) is 2.61. The number of nitrogens with zero attached hydrogens (tertiary/aromatic N) is 2. The van der Waals surface area contributed by atoms with Crippen molar-refractivity contribution in [2.45, 2.75) is 63.5 Å². The van der Waals surface area contributed by atoms with E-state index >= 15 is 0 Å². The number of likely N-dealkylation sites (N-methyl/N-ethyl adjacent to an activating group) is 2. The largest absolute Gasteiger partial charge is 0.338 e. The van der Waals surface area contributed by atoms with Gasteiger partial charge in [0.05, 0.1) is 12.6 Å². The predicted molar refractivity (Wildman–Crippen MR) is 94.4 cm³/mol. The minimum Gasteiger partial charge on any atom is -0.338 e. The Balaban J connectivity index is 1.63. The van der Waals surface area contributed by atoms with Crippen LogP contribution < -0.4 is 0 Å². The van der Waals surface area contributed by atoms with Crippen molar-refractivity contribution in [3.8, 4) is 0 Å². The molecule has 0 aliphatic heterocycles. The Morgan fingerprint density at radius 1 is 1.04 bits per heavy atom. The minimum absolute atomic E-state index is 0.257. The number of rotatable bonds is 4. The van der Waals surface area contributed by atoms with Gasteiger partial charge >= 0.3 is 0 Å². The normalized spacial score (nSPS) is 22.0. The highest BCUT2D eigenvalue weighted by Gasteiger charge is 2.28. The maximum Gasteiger partial charge on any atom is 0.237 e. The van der Waals surface area contributed by atoms with Crippen LogP contribution in [-0.4, -0.2) is 42.4 Å². The van der Waals surface area contributed by atoms with E-state index in [1.54, 1.807) is 0 Å². The van der Waals surface area contributed by atoms with Crippen LogP contribution in [0.15, 0.2) is 24.3 Å². The number of carbonyl (C=O) groups is 1. The quantitative estimate of drug-likeness (QED) is 0.844. The van der Waals surface area contributed by atoms with Crippen LogP contribution in [0.2, 0.25) is 0 Å². The summed E-state index contributed by atoms with van der Waals surface area (Å²) >= 11 is 0. The summed E-state index contributed by atoms with van der Waals surface area (Å²) < 4.78 is 0. The average molecular weight is 314 g/mol. The molecule has 0 radical (unpaired) electrons. The zero-order valence-corrected chi connectivity index (χ0v) is 14.6. The molecule has 1 atom stereocenters. The first-order chi connectivity index (χ1) is 11.2. The Labute approximate surface area is 140 Å². The molecule has 0 bridgehead atoms. The summed E-state index contributed by atoms with van der Waals surface area (Å²) in [5.41, 5.74) is 2.78. The Hall–Kier alpha value is -1.35. The first-order valence-corrected chi connectivity index (χ1v) is 9.20. The molecule has 126 valence electrons. The van der Waals surface area contributed by atoms with Gasteiger partial charge in [-0.1, -0.05) is 43.5 Å². The van der Waals surface area contributed by atoms with Crippen molar-refractivity contribution in [1.82, 2.24) is 9.80 Å². The monoisotopic (exact) mass is 314 g/mol. The van der Waals surface area contributed by atoms with Crippen molar-refractivity contribution in [3.63, 3.8) is 0 Å². The number of hydrogen-bond donors (Lipinski definition) is 0. The van der Waals surface area contributed by atoms with Crippen molar-refractivity contribution in [2.24, 2.45) is 0 Å². The van der Waals surface area contributed by atoms with Gasteiger partial charge in [-0.2, -0.15) is 0 Å².